The molecule has 110 valence electrons. The minimum absolute atomic E-state index is 0.146. The largest absolute Gasteiger partial charge is 0.378 e. The van der Waals surface area contributed by atoms with Crippen LogP contribution in [0.3, 0.4) is 0 Å². The first-order valence-corrected chi connectivity index (χ1v) is 7.27. The number of nitrogens with one attached hydrogen (secondary N) is 1. The molecular formula is C17H19ClN2O. The van der Waals surface area contributed by atoms with Crippen molar-refractivity contribution in [1.82, 2.24) is 0 Å². The third kappa shape index (κ3) is 3.76. The highest BCUT2D eigenvalue weighted by atomic mass is 35.5. The van der Waals surface area contributed by atoms with Gasteiger partial charge in [0.25, 0.3) is 0 Å². The van der Waals surface area contributed by atoms with Gasteiger partial charge in [-0.1, -0.05) is 55.8 Å². The van der Waals surface area contributed by atoms with E-state index in [0.29, 0.717) is 16.5 Å². The van der Waals surface area contributed by atoms with E-state index in [1.807, 2.05) is 24.3 Å². The summed E-state index contributed by atoms with van der Waals surface area (Å²) in [4.78, 5) is 11.4. The zero-order valence-corrected chi connectivity index (χ0v) is 12.9. The molecule has 2 aromatic carbocycles. The fourth-order valence-corrected chi connectivity index (χ4v) is 2.49. The van der Waals surface area contributed by atoms with Crippen molar-refractivity contribution < 1.29 is 4.79 Å². The van der Waals surface area contributed by atoms with Gasteiger partial charge in [-0.05, 0) is 29.7 Å². The molecule has 0 aliphatic heterocycles. The summed E-state index contributed by atoms with van der Waals surface area (Å²) >= 11 is 5.98. The highest BCUT2D eigenvalue weighted by molar-refractivity contribution is 6.33. The van der Waals surface area contributed by atoms with E-state index in [2.05, 4.69) is 31.3 Å². The smallest absolute Gasteiger partial charge is 0.250 e. The topological polar surface area (TPSA) is 55.1 Å². The molecule has 0 aliphatic rings. The van der Waals surface area contributed by atoms with Crippen LogP contribution in [0.2, 0.25) is 5.02 Å². The van der Waals surface area contributed by atoms with E-state index < -0.39 is 5.91 Å². The number of rotatable bonds is 5. The maximum Gasteiger partial charge on any atom is 0.250 e. The number of anilines is 1. The Kier molecular flexibility index (Phi) is 4.86. The molecule has 0 fully saturated rings. The molecule has 1 unspecified atom stereocenters. The molecule has 0 radical (unpaired) electrons. The Morgan fingerprint density at radius 2 is 1.81 bits per heavy atom. The predicted molar refractivity (Wildman–Crippen MR) is 87.6 cm³/mol. The van der Waals surface area contributed by atoms with Crippen LogP contribution >= 0.6 is 11.6 Å². The van der Waals surface area contributed by atoms with Crippen molar-refractivity contribution in [1.29, 1.82) is 0 Å². The van der Waals surface area contributed by atoms with Crippen LogP contribution < -0.4 is 11.1 Å². The fraction of sp³-hybridized carbons (Fsp3) is 0.235. The van der Waals surface area contributed by atoms with Gasteiger partial charge in [-0.3, -0.25) is 4.79 Å². The Balaban J connectivity index is 2.30. The van der Waals surface area contributed by atoms with E-state index in [1.165, 1.54) is 5.56 Å². The summed E-state index contributed by atoms with van der Waals surface area (Å²) in [5.74, 6) is -0.135. The lowest BCUT2D eigenvalue weighted by molar-refractivity contribution is 0.100. The maximum absolute atomic E-state index is 11.4. The molecule has 3 nitrogen and oxygen atoms in total. The van der Waals surface area contributed by atoms with Crippen LogP contribution in [0, 0.1) is 5.92 Å². The lowest BCUT2D eigenvalue weighted by Crippen LogP contribution is -2.18. The molecule has 0 heterocycles. The van der Waals surface area contributed by atoms with Crippen molar-refractivity contribution in [3.8, 4) is 0 Å². The molecule has 3 N–H and O–H groups in total. The Bertz CT molecular complexity index is 626. The van der Waals surface area contributed by atoms with Crippen LogP contribution in [0.5, 0.6) is 0 Å². The molecule has 0 spiro atoms. The molecule has 0 saturated carbocycles. The summed E-state index contributed by atoms with van der Waals surface area (Å²) in [7, 11) is 0. The molecule has 0 bridgehead atoms. The molecule has 2 rings (SSSR count). The second-order valence-corrected chi connectivity index (χ2v) is 5.74. The second-order valence-electron chi connectivity index (χ2n) is 5.34. The van der Waals surface area contributed by atoms with Crippen molar-refractivity contribution in [3.63, 3.8) is 0 Å². The SMILES string of the molecule is CC(C)C(Nc1ccc(Cl)c(C(N)=O)c1)c1ccccc1. The van der Waals surface area contributed by atoms with Gasteiger partial charge in [0.15, 0.2) is 0 Å². The molecule has 21 heavy (non-hydrogen) atoms. The Hall–Kier alpha value is -2.00. The number of benzene rings is 2. The number of hydrogen-bond acceptors (Lipinski definition) is 2. The summed E-state index contributed by atoms with van der Waals surface area (Å²) in [5.41, 5.74) is 7.69. The van der Waals surface area contributed by atoms with Gasteiger partial charge in [0.1, 0.15) is 0 Å². The summed E-state index contributed by atoms with van der Waals surface area (Å²) in [6.07, 6.45) is 0. The molecule has 0 aromatic heterocycles. The maximum atomic E-state index is 11.4. The van der Waals surface area contributed by atoms with Gasteiger partial charge in [-0.2, -0.15) is 0 Å². The number of amides is 1. The van der Waals surface area contributed by atoms with E-state index in [9.17, 15) is 4.79 Å². The van der Waals surface area contributed by atoms with E-state index >= 15 is 0 Å². The number of primary amides is 1. The zero-order valence-electron chi connectivity index (χ0n) is 12.1. The van der Waals surface area contributed by atoms with Crippen LogP contribution in [0.15, 0.2) is 48.5 Å². The van der Waals surface area contributed by atoms with Gasteiger partial charge in [0, 0.05) is 5.69 Å². The standard InChI is InChI=1S/C17H19ClN2O/c1-11(2)16(12-6-4-3-5-7-12)20-13-8-9-15(18)14(10-13)17(19)21/h3-11,16,20H,1-2H3,(H2,19,21). The van der Waals surface area contributed by atoms with Crippen LogP contribution in [-0.2, 0) is 0 Å². The average Bonchev–Trinajstić information content (AvgIpc) is 2.46. The Labute approximate surface area is 130 Å². The van der Waals surface area contributed by atoms with Crippen molar-refractivity contribution in [2.75, 3.05) is 5.32 Å². The molecule has 1 atom stereocenters. The Morgan fingerprint density at radius 1 is 1.14 bits per heavy atom. The van der Waals surface area contributed by atoms with E-state index in [-0.39, 0.29) is 6.04 Å². The lowest BCUT2D eigenvalue weighted by Gasteiger charge is -2.24. The fourth-order valence-electron chi connectivity index (χ4n) is 2.28. The minimum Gasteiger partial charge on any atom is -0.378 e. The van der Waals surface area contributed by atoms with Crippen LogP contribution in [-0.4, -0.2) is 5.91 Å². The highest BCUT2D eigenvalue weighted by Crippen LogP contribution is 2.28. The van der Waals surface area contributed by atoms with Crippen molar-refractivity contribution >= 4 is 23.2 Å². The molecule has 4 heteroatoms. The monoisotopic (exact) mass is 302 g/mol. The highest BCUT2D eigenvalue weighted by Gasteiger charge is 2.16. The van der Waals surface area contributed by atoms with Gasteiger partial charge in [0.2, 0.25) is 5.91 Å². The summed E-state index contributed by atoms with van der Waals surface area (Å²) in [6.45, 7) is 4.30. The number of carbonyl (C=O) groups excluding carboxylic acids is 1. The van der Waals surface area contributed by atoms with Gasteiger partial charge in [-0.25, -0.2) is 0 Å². The first-order chi connectivity index (χ1) is 9.99. The predicted octanol–water partition coefficient (Wildman–Crippen LogP) is 4.25. The normalized spacial score (nSPS) is 12.2. The number of nitrogens with two attached hydrogens (primary N) is 1. The minimum atomic E-state index is -0.524. The molecule has 1 amide bonds. The number of halogens is 1. The number of carbonyl (C=O) groups is 1. The van der Waals surface area contributed by atoms with E-state index in [1.54, 1.807) is 12.1 Å². The van der Waals surface area contributed by atoms with Crippen LogP contribution in [0.1, 0.15) is 35.8 Å². The summed E-state index contributed by atoms with van der Waals surface area (Å²) in [5, 5.41) is 3.82. The van der Waals surface area contributed by atoms with E-state index in [0.717, 1.165) is 5.69 Å². The Morgan fingerprint density at radius 3 is 2.38 bits per heavy atom. The second kappa shape index (κ2) is 6.64. The van der Waals surface area contributed by atoms with Gasteiger partial charge < -0.3 is 11.1 Å². The third-order valence-electron chi connectivity index (χ3n) is 3.38. The third-order valence-corrected chi connectivity index (χ3v) is 3.71. The summed E-state index contributed by atoms with van der Waals surface area (Å²) < 4.78 is 0. The first-order valence-electron chi connectivity index (χ1n) is 6.90. The van der Waals surface area contributed by atoms with Gasteiger partial charge in [-0.15, -0.1) is 0 Å². The van der Waals surface area contributed by atoms with Crippen LogP contribution in [0.4, 0.5) is 5.69 Å². The lowest BCUT2D eigenvalue weighted by atomic mass is 9.95. The van der Waals surface area contributed by atoms with Gasteiger partial charge in [0.05, 0.1) is 16.6 Å². The zero-order chi connectivity index (χ0) is 15.4. The first kappa shape index (κ1) is 15.4. The molecule has 0 aliphatic carbocycles. The molecule has 2 aromatic rings. The van der Waals surface area contributed by atoms with Crippen molar-refractivity contribution in [2.24, 2.45) is 11.7 Å². The van der Waals surface area contributed by atoms with Gasteiger partial charge >= 0.3 is 0 Å². The molecular weight excluding hydrogens is 284 g/mol. The van der Waals surface area contributed by atoms with Crippen molar-refractivity contribution in [2.45, 2.75) is 19.9 Å². The number of hydrogen-bond donors (Lipinski definition) is 2. The van der Waals surface area contributed by atoms with Crippen LogP contribution in [0.25, 0.3) is 0 Å². The molecule has 0 saturated heterocycles. The quantitative estimate of drug-likeness (QED) is 0.867. The van der Waals surface area contributed by atoms with Crippen molar-refractivity contribution in [3.05, 3.63) is 64.7 Å². The average molecular weight is 303 g/mol. The van der Waals surface area contributed by atoms with E-state index in [4.69, 9.17) is 17.3 Å². The summed E-state index contributed by atoms with van der Waals surface area (Å²) in [6, 6.07) is 15.6.